The minimum atomic E-state index is -0.839. The molecule has 0 radical (unpaired) electrons. The van der Waals surface area contributed by atoms with E-state index in [2.05, 4.69) is 5.32 Å². The van der Waals surface area contributed by atoms with Crippen LogP contribution in [0.15, 0.2) is 24.3 Å². The molecule has 0 spiro atoms. The number of nitrogens with one attached hydrogen (secondary N) is 1. The summed E-state index contributed by atoms with van der Waals surface area (Å²) in [6.07, 6.45) is 6.65. The summed E-state index contributed by atoms with van der Waals surface area (Å²) in [5, 5.41) is 12.8. The number of ether oxygens (including phenoxy) is 1. The zero-order valence-corrected chi connectivity index (χ0v) is 15.6. The Labute approximate surface area is 157 Å². The normalized spacial score (nSPS) is 15.1. The summed E-state index contributed by atoms with van der Waals surface area (Å²) in [7, 11) is 0. The number of benzene rings is 1. The zero-order chi connectivity index (χ0) is 18.4. The number of carbonyl (C=O) groups excluding carboxylic acids is 1. The third-order valence-corrected chi connectivity index (χ3v) is 5.96. The Morgan fingerprint density at radius 2 is 1.96 bits per heavy atom. The van der Waals surface area contributed by atoms with Crippen LogP contribution < -0.4 is 10.1 Å². The molecule has 1 aliphatic rings. The van der Waals surface area contributed by atoms with Crippen molar-refractivity contribution in [2.75, 3.05) is 13.2 Å². The van der Waals surface area contributed by atoms with Gasteiger partial charge in [0.2, 0.25) is 0 Å². The van der Waals surface area contributed by atoms with Crippen molar-refractivity contribution in [3.63, 3.8) is 0 Å². The van der Waals surface area contributed by atoms with Gasteiger partial charge in [0.1, 0.15) is 4.88 Å². The Morgan fingerprint density at radius 3 is 2.73 bits per heavy atom. The smallest absolute Gasteiger partial charge is 0.303 e. The van der Waals surface area contributed by atoms with Crippen molar-refractivity contribution in [1.29, 1.82) is 0 Å². The Bertz CT molecular complexity index is 764. The number of thiophene rings is 1. The molecule has 0 aliphatic heterocycles. The molecule has 140 valence electrons. The van der Waals surface area contributed by atoms with Crippen molar-refractivity contribution in [2.24, 2.45) is 5.92 Å². The van der Waals surface area contributed by atoms with E-state index in [0.29, 0.717) is 29.5 Å². The molecule has 0 saturated heterocycles. The largest absolute Gasteiger partial charge is 0.491 e. The topological polar surface area (TPSA) is 75.6 Å². The highest BCUT2D eigenvalue weighted by atomic mass is 32.1. The van der Waals surface area contributed by atoms with Crippen molar-refractivity contribution in [3.05, 3.63) is 29.1 Å². The maximum atomic E-state index is 12.7. The van der Waals surface area contributed by atoms with E-state index in [-0.39, 0.29) is 18.9 Å². The summed E-state index contributed by atoms with van der Waals surface area (Å²) >= 11 is 1.43. The molecule has 1 aliphatic carbocycles. The summed E-state index contributed by atoms with van der Waals surface area (Å²) in [4.78, 5) is 24.0. The van der Waals surface area contributed by atoms with Crippen LogP contribution in [0.4, 0.5) is 0 Å². The Morgan fingerprint density at radius 1 is 1.19 bits per heavy atom. The second-order valence-corrected chi connectivity index (χ2v) is 7.87. The van der Waals surface area contributed by atoms with E-state index >= 15 is 0 Å². The monoisotopic (exact) mass is 375 g/mol. The molecule has 5 nitrogen and oxygen atoms in total. The van der Waals surface area contributed by atoms with Crippen LogP contribution in [0, 0.1) is 5.92 Å². The van der Waals surface area contributed by atoms with Crippen LogP contribution in [0.2, 0.25) is 0 Å². The van der Waals surface area contributed by atoms with Crippen LogP contribution in [0.3, 0.4) is 0 Å². The molecular weight excluding hydrogens is 350 g/mol. The average molecular weight is 375 g/mol. The lowest BCUT2D eigenvalue weighted by atomic mass is 9.89. The van der Waals surface area contributed by atoms with Crippen molar-refractivity contribution in [3.8, 4) is 5.75 Å². The van der Waals surface area contributed by atoms with Gasteiger partial charge in [-0.25, -0.2) is 0 Å². The van der Waals surface area contributed by atoms with Gasteiger partial charge < -0.3 is 15.2 Å². The SMILES string of the molecule is O=C(O)CCCOc1c(C(=O)NCC2CCCCC2)sc2ccccc12. The standard InChI is InChI=1S/C20H25NO4S/c22-17(23)11-6-12-25-18-15-9-4-5-10-16(15)26-19(18)20(24)21-13-14-7-2-1-3-8-14/h4-5,9-10,14H,1-3,6-8,11-13H2,(H,21,24)(H,22,23). The first-order valence-electron chi connectivity index (χ1n) is 9.29. The van der Waals surface area contributed by atoms with Gasteiger partial charge in [0.25, 0.3) is 5.91 Å². The molecule has 1 heterocycles. The highest BCUT2D eigenvalue weighted by Gasteiger charge is 2.21. The quantitative estimate of drug-likeness (QED) is 0.668. The molecule has 1 aromatic carbocycles. The number of carboxylic acid groups (broad SMARTS) is 1. The molecule has 0 atom stereocenters. The maximum Gasteiger partial charge on any atom is 0.303 e. The molecule has 1 saturated carbocycles. The van der Waals surface area contributed by atoms with E-state index in [1.54, 1.807) is 0 Å². The zero-order valence-electron chi connectivity index (χ0n) is 14.8. The molecule has 6 heteroatoms. The fraction of sp³-hybridized carbons (Fsp3) is 0.500. The molecule has 1 amide bonds. The molecule has 0 unspecified atom stereocenters. The molecule has 1 aromatic heterocycles. The third-order valence-electron chi connectivity index (χ3n) is 4.81. The third kappa shape index (κ3) is 4.75. The number of aliphatic carboxylic acids is 1. The molecule has 1 fully saturated rings. The van der Waals surface area contributed by atoms with Gasteiger partial charge in [-0.3, -0.25) is 9.59 Å². The Kier molecular flexibility index (Phi) is 6.50. The predicted octanol–water partition coefficient (Wildman–Crippen LogP) is 4.46. The van der Waals surface area contributed by atoms with Crippen LogP contribution in [-0.2, 0) is 4.79 Å². The lowest BCUT2D eigenvalue weighted by Gasteiger charge is -2.21. The van der Waals surface area contributed by atoms with Crippen molar-refractivity contribution in [1.82, 2.24) is 5.32 Å². The summed E-state index contributed by atoms with van der Waals surface area (Å²) < 4.78 is 6.84. The maximum absolute atomic E-state index is 12.7. The van der Waals surface area contributed by atoms with Crippen molar-refractivity contribution >= 4 is 33.3 Å². The summed E-state index contributed by atoms with van der Waals surface area (Å²) in [5.41, 5.74) is 0. The minimum absolute atomic E-state index is 0.0608. The average Bonchev–Trinajstić information content (AvgIpc) is 3.03. The summed E-state index contributed by atoms with van der Waals surface area (Å²) in [5.74, 6) is 0.221. The van der Waals surface area contributed by atoms with Crippen LogP contribution in [0.1, 0.15) is 54.6 Å². The van der Waals surface area contributed by atoms with Gasteiger partial charge in [-0.15, -0.1) is 11.3 Å². The molecule has 26 heavy (non-hydrogen) atoms. The summed E-state index contributed by atoms with van der Waals surface area (Å²) in [6.45, 7) is 1.00. The molecule has 2 aromatic rings. The molecule has 2 N–H and O–H groups in total. The Hall–Kier alpha value is -2.08. The predicted molar refractivity (Wildman–Crippen MR) is 103 cm³/mol. The lowest BCUT2D eigenvalue weighted by Crippen LogP contribution is -2.30. The molecule has 0 bridgehead atoms. The number of hydrogen-bond donors (Lipinski definition) is 2. The Balaban J connectivity index is 1.69. The molecular formula is C20H25NO4S. The van der Waals surface area contributed by atoms with Crippen molar-refractivity contribution in [2.45, 2.75) is 44.9 Å². The lowest BCUT2D eigenvalue weighted by molar-refractivity contribution is -0.137. The van der Waals surface area contributed by atoms with Crippen LogP contribution in [-0.4, -0.2) is 30.1 Å². The highest BCUT2D eigenvalue weighted by molar-refractivity contribution is 7.21. The van der Waals surface area contributed by atoms with Gasteiger partial charge in [0.05, 0.1) is 6.61 Å². The fourth-order valence-electron chi connectivity index (χ4n) is 3.42. The highest BCUT2D eigenvalue weighted by Crippen LogP contribution is 2.38. The van der Waals surface area contributed by atoms with E-state index < -0.39 is 5.97 Å². The second-order valence-electron chi connectivity index (χ2n) is 6.82. The molecule has 3 rings (SSSR count). The number of carbonyl (C=O) groups is 2. The number of amides is 1. The van der Waals surface area contributed by atoms with Gasteiger partial charge in [0, 0.05) is 23.1 Å². The van der Waals surface area contributed by atoms with Gasteiger partial charge in [-0.05, 0) is 37.3 Å². The van der Waals surface area contributed by atoms with E-state index in [4.69, 9.17) is 9.84 Å². The first kappa shape index (κ1) is 18.7. The fourth-order valence-corrected chi connectivity index (χ4v) is 4.48. The van der Waals surface area contributed by atoms with Crippen LogP contribution in [0.5, 0.6) is 5.75 Å². The first-order chi connectivity index (χ1) is 12.6. The van der Waals surface area contributed by atoms with E-state index in [9.17, 15) is 9.59 Å². The second kappa shape index (κ2) is 9.03. The summed E-state index contributed by atoms with van der Waals surface area (Å²) in [6, 6.07) is 7.78. The van der Waals surface area contributed by atoms with Crippen LogP contribution >= 0.6 is 11.3 Å². The van der Waals surface area contributed by atoms with Gasteiger partial charge in [-0.2, -0.15) is 0 Å². The minimum Gasteiger partial charge on any atom is -0.491 e. The number of carboxylic acids is 1. The number of hydrogen-bond acceptors (Lipinski definition) is 4. The van der Waals surface area contributed by atoms with Crippen LogP contribution in [0.25, 0.3) is 10.1 Å². The number of fused-ring (bicyclic) bond motifs is 1. The number of rotatable bonds is 8. The van der Waals surface area contributed by atoms with E-state index in [1.807, 2.05) is 24.3 Å². The van der Waals surface area contributed by atoms with E-state index in [1.165, 1.54) is 43.4 Å². The van der Waals surface area contributed by atoms with Gasteiger partial charge in [-0.1, -0.05) is 31.4 Å². The van der Waals surface area contributed by atoms with Gasteiger partial charge >= 0.3 is 5.97 Å². The van der Waals surface area contributed by atoms with Crippen molar-refractivity contribution < 1.29 is 19.4 Å². The first-order valence-corrected chi connectivity index (χ1v) is 10.1. The van der Waals surface area contributed by atoms with E-state index in [0.717, 1.165) is 10.1 Å². The van der Waals surface area contributed by atoms with Gasteiger partial charge in [0.15, 0.2) is 5.75 Å².